The molecular formula is C13H8Cl2O3. The minimum atomic E-state index is -0.398. The lowest BCUT2D eigenvalue weighted by molar-refractivity contribution is 0.103. The fourth-order valence-corrected chi connectivity index (χ4v) is 1.94. The Morgan fingerprint density at radius 2 is 1.67 bits per heavy atom. The van der Waals surface area contributed by atoms with E-state index in [2.05, 4.69) is 0 Å². The van der Waals surface area contributed by atoms with Crippen molar-refractivity contribution in [3.63, 3.8) is 0 Å². The molecule has 0 aliphatic heterocycles. The second-order valence-electron chi connectivity index (χ2n) is 3.66. The minimum Gasteiger partial charge on any atom is -0.504 e. The quantitative estimate of drug-likeness (QED) is 0.653. The first-order valence-corrected chi connectivity index (χ1v) is 5.76. The Morgan fingerprint density at radius 3 is 2.33 bits per heavy atom. The zero-order chi connectivity index (χ0) is 13.3. The number of carbonyl (C=O) groups excluding carboxylic acids is 1. The number of benzene rings is 2. The third kappa shape index (κ3) is 2.42. The SMILES string of the molecule is O=C(c1cccc(Cl)c1)c1cc(O)c(O)cc1Cl. The van der Waals surface area contributed by atoms with E-state index in [0.717, 1.165) is 12.1 Å². The van der Waals surface area contributed by atoms with Gasteiger partial charge in [-0.2, -0.15) is 0 Å². The summed E-state index contributed by atoms with van der Waals surface area (Å²) in [7, 11) is 0. The minimum absolute atomic E-state index is 0.0651. The van der Waals surface area contributed by atoms with E-state index in [0.29, 0.717) is 10.6 Å². The van der Waals surface area contributed by atoms with Gasteiger partial charge in [0.2, 0.25) is 0 Å². The van der Waals surface area contributed by atoms with E-state index in [1.165, 1.54) is 6.07 Å². The molecular weight excluding hydrogens is 275 g/mol. The summed E-state index contributed by atoms with van der Waals surface area (Å²) in [4.78, 5) is 12.1. The highest BCUT2D eigenvalue weighted by atomic mass is 35.5. The van der Waals surface area contributed by atoms with Gasteiger partial charge in [0, 0.05) is 22.2 Å². The molecule has 18 heavy (non-hydrogen) atoms. The van der Waals surface area contributed by atoms with Gasteiger partial charge in [-0.25, -0.2) is 0 Å². The third-order valence-corrected chi connectivity index (χ3v) is 2.94. The fourth-order valence-electron chi connectivity index (χ4n) is 1.51. The van der Waals surface area contributed by atoms with Gasteiger partial charge in [-0.05, 0) is 18.2 Å². The molecule has 2 N–H and O–H groups in total. The first kappa shape index (κ1) is 12.7. The molecule has 0 saturated carbocycles. The molecule has 0 fully saturated rings. The second kappa shape index (κ2) is 4.88. The van der Waals surface area contributed by atoms with Crippen molar-refractivity contribution in [3.8, 4) is 11.5 Å². The van der Waals surface area contributed by atoms with Gasteiger partial charge in [0.25, 0.3) is 0 Å². The Morgan fingerprint density at radius 1 is 1.00 bits per heavy atom. The molecule has 0 aliphatic carbocycles. The van der Waals surface area contributed by atoms with E-state index in [1.54, 1.807) is 18.2 Å². The number of halogens is 2. The smallest absolute Gasteiger partial charge is 0.194 e. The van der Waals surface area contributed by atoms with E-state index in [9.17, 15) is 15.0 Å². The van der Waals surface area contributed by atoms with Crippen molar-refractivity contribution in [2.75, 3.05) is 0 Å². The first-order valence-electron chi connectivity index (χ1n) is 5.01. The molecule has 0 aliphatic rings. The number of ketones is 1. The topological polar surface area (TPSA) is 57.5 Å². The number of phenols is 2. The predicted molar refractivity (Wildman–Crippen MR) is 69.7 cm³/mol. The Labute approximate surface area is 113 Å². The molecule has 0 spiro atoms. The number of hydrogen-bond acceptors (Lipinski definition) is 3. The standard InChI is InChI=1S/C13H8Cl2O3/c14-8-3-1-2-7(4-8)13(18)9-5-11(16)12(17)6-10(9)15/h1-6,16-17H. The summed E-state index contributed by atoms with van der Waals surface area (Å²) in [6.45, 7) is 0. The average molecular weight is 283 g/mol. The van der Waals surface area contributed by atoms with E-state index < -0.39 is 5.75 Å². The molecule has 0 radical (unpaired) electrons. The van der Waals surface area contributed by atoms with Crippen LogP contribution in [-0.2, 0) is 0 Å². The largest absolute Gasteiger partial charge is 0.504 e. The molecule has 92 valence electrons. The van der Waals surface area contributed by atoms with Crippen molar-refractivity contribution >= 4 is 29.0 Å². The van der Waals surface area contributed by atoms with Gasteiger partial charge >= 0.3 is 0 Å². The van der Waals surface area contributed by atoms with Gasteiger partial charge in [-0.1, -0.05) is 35.3 Å². The molecule has 0 unspecified atom stereocenters. The summed E-state index contributed by atoms with van der Waals surface area (Å²) in [5.74, 6) is -1.15. The normalized spacial score (nSPS) is 10.3. The zero-order valence-corrected chi connectivity index (χ0v) is 10.5. The lowest BCUT2D eigenvalue weighted by Gasteiger charge is -2.06. The first-order chi connectivity index (χ1) is 8.49. The highest BCUT2D eigenvalue weighted by Gasteiger charge is 2.16. The van der Waals surface area contributed by atoms with Crippen LogP contribution in [0, 0.1) is 0 Å². The van der Waals surface area contributed by atoms with E-state index in [1.807, 2.05) is 0 Å². The second-order valence-corrected chi connectivity index (χ2v) is 4.50. The third-order valence-electron chi connectivity index (χ3n) is 2.40. The molecule has 0 aromatic heterocycles. The van der Waals surface area contributed by atoms with Gasteiger partial charge in [-0.15, -0.1) is 0 Å². The van der Waals surface area contributed by atoms with Crippen LogP contribution >= 0.6 is 23.2 Å². The molecule has 0 saturated heterocycles. The highest BCUT2D eigenvalue weighted by molar-refractivity contribution is 6.35. The predicted octanol–water partition coefficient (Wildman–Crippen LogP) is 3.64. The Kier molecular flexibility index (Phi) is 3.45. The molecule has 2 rings (SSSR count). The lowest BCUT2D eigenvalue weighted by Crippen LogP contribution is -2.02. The monoisotopic (exact) mass is 282 g/mol. The van der Waals surface area contributed by atoms with Crippen LogP contribution in [0.1, 0.15) is 15.9 Å². The van der Waals surface area contributed by atoms with E-state index in [-0.39, 0.29) is 22.1 Å². The summed E-state index contributed by atoms with van der Waals surface area (Å²) >= 11 is 11.7. The van der Waals surface area contributed by atoms with E-state index in [4.69, 9.17) is 23.2 Å². The lowest BCUT2D eigenvalue weighted by atomic mass is 10.0. The van der Waals surface area contributed by atoms with Crippen LogP contribution in [0.4, 0.5) is 0 Å². The molecule has 2 aromatic rings. The van der Waals surface area contributed by atoms with E-state index >= 15 is 0 Å². The van der Waals surface area contributed by atoms with Gasteiger partial charge in [0.1, 0.15) is 0 Å². The van der Waals surface area contributed by atoms with Crippen molar-refractivity contribution in [3.05, 3.63) is 57.6 Å². The summed E-state index contributed by atoms with van der Waals surface area (Å²) < 4.78 is 0. The van der Waals surface area contributed by atoms with Crippen molar-refractivity contribution in [1.29, 1.82) is 0 Å². The van der Waals surface area contributed by atoms with Gasteiger partial charge < -0.3 is 10.2 Å². The number of phenolic OH excluding ortho intramolecular Hbond substituents is 2. The maximum atomic E-state index is 12.1. The van der Waals surface area contributed by atoms with Crippen molar-refractivity contribution < 1.29 is 15.0 Å². The van der Waals surface area contributed by atoms with Gasteiger partial charge in [0.05, 0.1) is 5.02 Å². The fraction of sp³-hybridized carbons (Fsp3) is 0. The summed E-state index contributed by atoms with van der Waals surface area (Å²) in [5, 5.41) is 19.1. The summed E-state index contributed by atoms with van der Waals surface area (Å²) in [5.41, 5.74) is 0.462. The highest BCUT2D eigenvalue weighted by Crippen LogP contribution is 2.32. The van der Waals surface area contributed by atoms with Crippen molar-refractivity contribution in [2.45, 2.75) is 0 Å². The summed E-state index contributed by atoms with van der Waals surface area (Å²) in [6, 6.07) is 8.63. The van der Waals surface area contributed by atoms with Gasteiger partial charge in [-0.3, -0.25) is 4.79 Å². The van der Waals surface area contributed by atoms with Crippen molar-refractivity contribution in [2.24, 2.45) is 0 Å². The molecule has 0 bridgehead atoms. The van der Waals surface area contributed by atoms with Crippen LogP contribution in [0.25, 0.3) is 0 Å². The Balaban J connectivity index is 2.49. The number of hydrogen-bond donors (Lipinski definition) is 2. The van der Waals surface area contributed by atoms with Crippen LogP contribution in [0.3, 0.4) is 0 Å². The Hall–Kier alpha value is -1.71. The molecule has 2 aromatic carbocycles. The van der Waals surface area contributed by atoms with Crippen LogP contribution in [0.5, 0.6) is 11.5 Å². The molecule has 0 heterocycles. The molecule has 5 heteroatoms. The number of carbonyl (C=O) groups is 1. The maximum Gasteiger partial charge on any atom is 0.194 e. The van der Waals surface area contributed by atoms with Crippen molar-refractivity contribution in [1.82, 2.24) is 0 Å². The van der Waals surface area contributed by atoms with Gasteiger partial charge in [0.15, 0.2) is 17.3 Å². The summed E-state index contributed by atoms with van der Waals surface area (Å²) in [6.07, 6.45) is 0. The van der Waals surface area contributed by atoms with Crippen LogP contribution in [0.15, 0.2) is 36.4 Å². The Bertz CT molecular complexity index is 624. The number of rotatable bonds is 2. The maximum absolute atomic E-state index is 12.1. The van der Waals surface area contributed by atoms with Crippen LogP contribution < -0.4 is 0 Å². The number of aromatic hydroxyl groups is 2. The molecule has 3 nitrogen and oxygen atoms in total. The molecule has 0 amide bonds. The average Bonchev–Trinajstić information content (AvgIpc) is 2.33. The van der Waals surface area contributed by atoms with Crippen LogP contribution in [-0.4, -0.2) is 16.0 Å². The van der Waals surface area contributed by atoms with Crippen LogP contribution in [0.2, 0.25) is 10.0 Å². The molecule has 0 atom stereocenters. The zero-order valence-electron chi connectivity index (χ0n) is 9.02.